The standard InChI is InChI=1S/C17H29N5O3/c1-23-14-10-13(11-15(24-2)16(14)25-3)12-22-8-6-21(7-9-22)5-4-20-17(18)19/h10-11H,4-9,12H2,1-3H3,(H4,18,19,20). The molecule has 8 nitrogen and oxygen atoms in total. The summed E-state index contributed by atoms with van der Waals surface area (Å²) in [6, 6.07) is 4.01. The molecule has 0 aliphatic carbocycles. The summed E-state index contributed by atoms with van der Waals surface area (Å²) in [5.41, 5.74) is 11.9. The highest BCUT2D eigenvalue weighted by molar-refractivity contribution is 5.75. The predicted octanol–water partition coefficient (Wildman–Crippen LogP) is 0.103. The average molecular weight is 351 g/mol. The van der Waals surface area contributed by atoms with Crippen molar-refractivity contribution in [3.05, 3.63) is 17.7 Å². The molecule has 0 atom stereocenters. The Bertz CT molecular complexity index is 557. The number of rotatable bonds is 8. The molecule has 1 aromatic rings. The van der Waals surface area contributed by atoms with Crippen molar-refractivity contribution in [3.8, 4) is 17.2 Å². The van der Waals surface area contributed by atoms with Gasteiger partial charge >= 0.3 is 0 Å². The van der Waals surface area contributed by atoms with Crippen LogP contribution in [0.4, 0.5) is 0 Å². The van der Waals surface area contributed by atoms with Gasteiger partial charge in [0.05, 0.1) is 27.9 Å². The fourth-order valence-electron chi connectivity index (χ4n) is 2.98. The summed E-state index contributed by atoms with van der Waals surface area (Å²) in [5, 5.41) is 0. The van der Waals surface area contributed by atoms with Crippen LogP contribution < -0.4 is 25.7 Å². The summed E-state index contributed by atoms with van der Waals surface area (Å²) in [6.07, 6.45) is 0. The Morgan fingerprint density at radius 3 is 2.00 bits per heavy atom. The molecule has 1 fully saturated rings. The number of piperazine rings is 1. The van der Waals surface area contributed by atoms with Crippen LogP contribution in [0.25, 0.3) is 0 Å². The van der Waals surface area contributed by atoms with Crippen molar-refractivity contribution in [2.45, 2.75) is 6.54 Å². The molecule has 25 heavy (non-hydrogen) atoms. The quantitative estimate of drug-likeness (QED) is 0.506. The first kappa shape index (κ1) is 19.1. The van der Waals surface area contributed by atoms with E-state index in [1.165, 1.54) is 0 Å². The second-order valence-corrected chi connectivity index (χ2v) is 5.96. The number of benzene rings is 1. The highest BCUT2D eigenvalue weighted by atomic mass is 16.5. The fraction of sp³-hybridized carbons (Fsp3) is 0.588. The average Bonchev–Trinajstić information content (AvgIpc) is 2.62. The normalized spacial score (nSPS) is 15.6. The number of guanidine groups is 1. The number of nitrogens with two attached hydrogens (primary N) is 2. The first-order chi connectivity index (χ1) is 12.1. The van der Waals surface area contributed by atoms with E-state index in [1.54, 1.807) is 21.3 Å². The number of hydrogen-bond acceptors (Lipinski definition) is 6. The van der Waals surface area contributed by atoms with Crippen molar-refractivity contribution in [1.29, 1.82) is 0 Å². The minimum Gasteiger partial charge on any atom is -0.493 e. The van der Waals surface area contributed by atoms with Crippen molar-refractivity contribution in [3.63, 3.8) is 0 Å². The monoisotopic (exact) mass is 351 g/mol. The van der Waals surface area contributed by atoms with Gasteiger partial charge in [-0.25, -0.2) is 0 Å². The Kier molecular flexibility index (Phi) is 7.15. The van der Waals surface area contributed by atoms with Gasteiger partial charge in [-0.3, -0.25) is 14.8 Å². The summed E-state index contributed by atoms with van der Waals surface area (Å²) in [6.45, 7) is 6.38. The predicted molar refractivity (Wildman–Crippen MR) is 98.5 cm³/mol. The van der Waals surface area contributed by atoms with Gasteiger partial charge in [-0.05, 0) is 17.7 Å². The van der Waals surface area contributed by atoms with Crippen LogP contribution >= 0.6 is 0 Å². The molecular weight excluding hydrogens is 322 g/mol. The summed E-state index contributed by atoms with van der Waals surface area (Å²) >= 11 is 0. The zero-order chi connectivity index (χ0) is 18.2. The second kappa shape index (κ2) is 9.33. The fourth-order valence-corrected chi connectivity index (χ4v) is 2.98. The molecule has 0 saturated carbocycles. The molecule has 1 heterocycles. The number of aliphatic imine (C=N–C) groups is 1. The van der Waals surface area contributed by atoms with E-state index in [9.17, 15) is 0 Å². The molecule has 1 saturated heterocycles. The third-order valence-electron chi connectivity index (χ3n) is 4.31. The number of hydrogen-bond donors (Lipinski definition) is 2. The lowest BCUT2D eigenvalue weighted by Crippen LogP contribution is -2.46. The molecule has 0 spiro atoms. The maximum Gasteiger partial charge on any atom is 0.203 e. The Morgan fingerprint density at radius 1 is 0.960 bits per heavy atom. The third kappa shape index (κ3) is 5.40. The Morgan fingerprint density at radius 2 is 1.52 bits per heavy atom. The smallest absolute Gasteiger partial charge is 0.203 e. The molecule has 0 aromatic heterocycles. The van der Waals surface area contributed by atoms with Gasteiger partial charge in [0.15, 0.2) is 17.5 Å². The molecule has 0 bridgehead atoms. The van der Waals surface area contributed by atoms with Gasteiger partial charge < -0.3 is 25.7 Å². The van der Waals surface area contributed by atoms with Crippen LogP contribution in [0.15, 0.2) is 17.1 Å². The Hall–Kier alpha value is -2.19. The molecule has 4 N–H and O–H groups in total. The minimum atomic E-state index is 0.154. The molecule has 2 rings (SSSR count). The first-order valence-corrected chi connectivity index (χ1v) is 8.36. The van der Waals surface area contributed by atoms with Gasteiger partial charge in [-0.15, -0.1) is 0 Å². The number of ether oxygens (including phenoxy) is 3. The lowest BCUT2D eigenvalue weighted by Gasteiger charge is -2.34. The van der Waals surface area contributed by atoms with Crippen molar-refractivity contribution in [2.75, 3.05) is 60.6 Å². The van der Waals surface area contributed by atoms with Crippen molar-refractivity contribution in [1.82, 2.24) is 9.80 Å². The number of methoxy groups -OCH3 is 3. The van der Waals surface area contributed by atoms with Crippen LogP contribution in [0.2, 0.25) is 0 Å². The van der Waals surface area contributed by atoms with E-state index in [0.29, 0.717) is 23.8 Å². The summed E-state index contributed by atoms with van der Waals surface area (Å²) in [5.74, 6) is 2.15. The topological polar surface area (TPSA) is 98.6 Å². The largest absolute Gasteiger partial charge is 0.493 e. The lowest BCUT2D eigenvalue weighted by atomic mass is 10.1. The summed E-state index contributed by atoms with van der Waals surface area (Å²) in [7, 11) is 4.88. The van der Waals surface area contributed by atoms with Crippen LogP contribution in [-0.2, 0) is 6.54 Å². The molecule has 1 aliphatic heterocycles. The van der Waals surface area contributed by atoms with Crippen molar-refractivity contribution in [2.24, 2.45) is 16.5 Å². The summed E-state index contributed by atoms with van der Waals surface area (Å²) in [4.78, 5) is 8.82. The molecule has 140 valence electrons. The molecule has 1 aromatic carbocycles. The van der Waals surface area contributed by atoms with Crippen LogP contribution in [0.1, 0.15) is 5.56 Å². The Labute approximate surface area is 149 Å². The van der Waals surface area contributed by atoms with E-state index in [2.05, 4.69) is 14.8 Å². The van der Waals surface area contributed by atoms with Gasteiger partial charge in [0, 0.05) is 39.3 Å². The van der Waals surface area contributed by atoms with Gasteiger partial charge in [0.25, 0.3) is 0 Å². The highest BCUT2D eigenvalue weighted by Crippen LogP contribution is 2.38. The third-order valence-corrected chi connectivity index (χ3v) is 4.31. The molecule has 1 aliphatic rings. The Balaban J connectivity index is 1.92. The van der Waals surface area contributed by atoms with E-state index in [4.69, 9.17) is 25.7 Å². The van der Waals surface area contributed by atoms with Crippen LogP contribution in [0, 0.1) is 0 Å². The molecule has 8 heteroatoms. The van der Waals surface area contributed by atoms with Crippen molar-refractivity contribution < 1.29 is 14.2 Å². The first-order valence-electron chi connectivity index (χ1n) is 8.36. The zero-order valence-electron chi connectivity index (χ0n) is 15.3. The maximum atomic E-state index is 5.42. The number of nitrogens with zero attached hydrogens (tertiary/aromatic N) is 3. The van der Waals surface area contributed by atoms with Crippen LogP contribution in [0.5, 0.6) is 17.2 Å². The molecule has 0 radical (unpaired) electrons. The van der Waals surface area contributed by atoms with E-state index in [-0.39, 0.29) is 5.96 Å². The van der Waals surface area contributed by atoms with Crippen LogP contribution in [0.3, 0.4) is 0 Å². The highest BCUT2D eigenvalue weighted by Gasteiger charge is 2.19. The molecule has 0 unspecified atom stereocenters. The summed E-state index contributed by atoms with van der Waals surface area (Å²) < 4.78 is 16.2. The van der Waals surface area contributed by atoms with E-state index in [1.807, 2.05) is 12.1 Å². The van der Waals surface area contributed by atoms with E-state index < -0.39 is 0 Å². The SMILES string of the molecule is COc1cc(CN2CCN(CCN=C(N)N)CC2)cc(OC)c1OC. The van der Waals surface area contributed by atoms with Gasteiger partial charge in [0.2, 0.25) is 5.75 Å². The van der Waals surface area contributed by atoms with Crippen molar-refractivity contribution >= 4 is 5.96 Å². The second-order valence-electron chi connectivity index (χ2n) is 5.96. The van der Waals surface area contributed by atoms with Crippen LogP contribution in [-0.4, -0.2) is 76.4 Å². The molecular formula is C17H29N5O3. The van der Waals surface area contributed by atoms with Gasteiger partial charge in [-0.2, -0.15) is 0 Å². The van der Waals surface area contributed by atoms with E-state index in [0.717, 1.165) is 44.8 Å². The van der Waals surface area contributed by atoms with Gasteiger partial charge in [0.1, 0.15) is 0 Å². The van der Waals surface area contributed by atoms with E-state index >= 15 is 0 Å². The zero-order valence-corrected chi connectivity index (χ0v) is 15.3. The maximum absolute atomic E-state index is 5.42. The lowest BCUT2D eigenvalue weighted by molar-refractivity contribution is 0.129. The minimum absolute atomic E-state index is 0.154. The molecule has 0 amide bonds. The van der Waals surface area contributed by atoms with Gasteiger partial charge in [-0.1, -0.05) is 0 Å².